The summed E-state index contributed by atoms with van der Waals surface area (Å²) in [5, 5.41) is 3.62. The number of nitrogens with one attached hydrogen (secondary N) is 2. The standard InChI is InChI=1S/C14H20F2N2OS/c1-7(2)13(3)11(19)18-12(20-13)17-10-5-9-4-8(10)6-14(9,15)16/h7-10H,4-6H2,1-3H3,(H,17,18,19)/p+1/t8?,9?,10?,13-/m1/s1. The van der Waals surface area contributed by atoms with E-state index >= 15 is 0 Å². The Hall–Kier alpha value is -0.650. The number of alkyl halides is 2. The van der Waals surface area contributed by atoms with Gasteiger partial charge in [-0.15, -0.1) is 0 Å². The van der Waals surface area contributed by atoms with Crippen molar-refractivity contribution in [2.45, 2.75) is 56.7 Å². The van der Waals surface area contributed by atoms with Gasteiger partial charge in [-0.2, -0.15) is 0 Å². The highest BCUT2D eigenvalue weighted by Crippen LogP contribution is 2.52. The zero-order chi connectivity index (χ0) is 14.7. The predicted molar refractivity (Wildman–Crippen MR) is 74.5 cm³/mol. The van der Waals surface area contributed by atoms with Crippen molar-refractivity contribution in [3.8, 4) is 0 Å². The molecule has 4 atom stereocenters. The lowest BCUT2D eigenvalue weighted by Crippen LogP contribution is -2.82. The van der Waals surface area contributed by atoms with Crippen LogP contribution in [-0.4, -0.2) is 27.8 Å². The molecule has 0 spiro atoms. The van der Waals surface area contributed by atoms with Gasteiger partial charge in [-0.05, 0) is 37.4 Å². The first kappa shape index (κ1) is 14.3. The lowest BCUT2D eigenvalue weighted by molar-refractivity contribution is -0.513. The van der Waals surface area contributed by atoms with E-state index in [0.717, 1.165) is 5.17 Å². The monoisotopic (exact) mass is 303 g/mol. The number of hydrogen-bond acceptors (Lipinski definition) is 2. The maximum atomic E-state index is 13.5. The van der Waals surface area contributed by atoms with Gasteiger partial charge in [-0.1, -0.05) is 13.8 Å². The third-order valence-corrected chi connectivity index (χ3v) is 6.74. The SMILES string of the molecule is CC(C)[C@@]1(C)SC(=[NH+]C2CC3CC2CC3(F)F)NC1=O. The molecule has 0 aromatic carbocycles. The highest BCUT2D eigenvalue weighted by atomic mass is 32.2. The van der Waals surface area contributed by atoms with Gasteiger partial charge in [0.25, 0.3) is 5.92 Å². The zero-order valence-corrected chi connectivity index (χ0v) is 12.8. The van der Waals surface area contributed by atoms with E-state index in [1.54, 1.807) is 0 Å². The molecule has 2 aliphatic carbocycles. The molecule has 20 heavy (non-hydrogen) atoms. The van der Waals surface area contributed by atoms with Crippen LogP contribution in [0.5, 0.6) is 0 Å². The van der Waals surface area contributed by atoms with Crippen molar-refractivity contribution in [1.82, 2.24) is 5.32 Å². The van der Waals surface area contributed by atoms with Crippen LogP contribution in [0.2, 0.25) is 0 Å². The molecule has 1 amide bonds. The number of carbonyl (C=O) groups excluding carboxylic acids is 1. The summed E-state index contributed by atoms with van der Waals surface area (Å²) in [5.41, 5.74) is 0. The Balaban J connectivity index is 1.72. The van der Waals surface area contributed by atoms with E-state index in [1.807, 2.05) is 20.8 Å². The van der Waals surface area contributed by atoms with Gasteiger partial charge in [0, 0.05) is 18.3 Å². The quantitative estimate of drug-likeness (QED) is 0.803. The highest BCUT2D eigenvalue weighted by molar-refractivity contribution is 8.16. The van der Waals surface area contributed by atoms with Crippen molar-refractivity contribution in [3.63, 3.8) is 0 Å². The van der Waals surface area contributed by atoms with Gasteiger partial charge in [-0.3, -0.25) is 4.99 Å². The van der Waals surface area contributed by atoms with E-state index in [-0.39, 0.29) is 30.2 Å². The smallest absolute Gasteiger partial charge is 0.266 e. The van der Waals surface area contributed by atoms with E-state index in [1.165, 1.54) is 11.8 Å². The van der Waals surface area contributed by atoms with Crippen LogP contribution in [0.4, 0.5) is 8.78 Å². The van der Waals surface area contributed by atoms with Gasteiger partial charge in [0.2, 0.25) is 0 Å². The minimum atomic E-state index is -2.48. The molecule has 0 radical (unpaired) electrons. The third kappa shape index (κ3) is 2.07. The van der Waals surface area contributed by atoms with Gasteiger partial charge in [0.05, 0.1) is 6.04 Å². The Morgan fingerprint density at radius 1 is 1.40 bits per heavy atom. The van der Waals surface area contributed by atoms with E-state index in [9.17, 15) is 13.6 Å². The van der Waals surface area contributed by atoms with E-state index < -0.39 is 16.6 Å². The van der Waals surface area contributed by atoms with Crippen molar-refractivity contribution in [3.05, 3.63) is 0 Å². The molecule has 3 aliphatic rings. The topological polar surface area (TPSA) is 43.1 Å². The molecular weight excluding hydrogens is 282 g/mol. The predicted octanol–water partition coefficient (Wildman–Crippen LogP) is 1.13. The van der Waals surface area contributed by atoms with Crippen LogP contribution in [0.3, 0.4) is 0 Å². The number of rotatable bonds is 2. The van der Waals surface area contributed by atoms with Crippen LogP contribution >= 0.6 is 11.8 Å². The Kier molecular flexibility index (Phi) is 3.16. The average molecular weight is 303 g/mol. The van der Waals surface area contributed by atoms with Crippen LogP contribution in [0.15, 0.2) is 0 Å². The lowest BCUT2D eigenvalue weighted by atomic mass is 9.93. The number of amides is 1. The number of carbonyl (C=O) groups is 1. The molecule has 1 heterocycles. The summed E-state index contributed by atoms with van der Waals surface area (Å²) in [6.45, 7) is 5.97. The first-order valence-electron chi connectivity index (χ1n) is 7.24. The molecule has 3 fully saturated rings. The second-order valence-corrected chi connectivity index (χ2v) is 8.25. The summed E-state index contributed by atoms with van der Waals surface area (Å²) in [5.74, 6) is -2.70. The molecule has 3 unspecified atom stereocenters. The van der Waals surface area contributed by atoms with Gasteiger partial charge >= 0.3 is 11.1 Å². The summed E-state index contributed by atoms with van der Waals surface area (Å²) < 4.78 is 26.5. The largest absolute Gasteiger partial charge is 0.324 e. The zero-order valence-electron chi connectivity index (χ0n) is 12.0. The van der Waals surface area contributed by atoms with Crippen LogP contribution < -0.4 is 10.3 Å². The molecule has 0 aromatic rings. The maximum absolute atomic E-state index is 13.5. The fraction of sp³-hybridized carbons (Fsp3) is 0.857. The molecule has 2 N–H and O–H groups in total. The minimum absolute atomic E-state index is 0.00786. The average Bonchev–Trinajstić information content (AvgIpc) is 2.91. The molecular formula is C14H21F2N2OS+. The fourth-order valence-electron chi connectivity index (χ4n) is 3.51. The second-order valence-electron chi connectivity index (χ2n) is 6.79. The Bertz CT molecular complexity index is 480. The number of fused-ring (bicyclic) bond motifs is 2. The minimum Gasteiger partial charge on any atom is -0.266 e. The number of amidine groups is 1. The molecule has 1 saturated heterocycles. The summed E-state index contributed by atoms with van der Waals surface area (Å²) in [6, 6.07) is 0.0805. The van der Waals surface area contributed by atoms with Gasteiger partial charge in [0.1, 0.15) is 4.75 Å². The Morgan fingerprint density at radius 3 is 2.55 bits per heavy atom. The molecule has 2 saturated carbocycles. The van der Waals surface area contributed by atoms with Crippen molar-refractivity contribution >= 4 is 22.8 Å². The van der Waals surface area contributed by atoms with E-state index in [0.29, 0.717) is 12.8 Å². The number of thioether (sulfide) groups is 1. The van der Waals surface area contributed by atoms with Crippen molar-refractivity contribution < 1.29 is 18.6 Å². The fourth-order valence-corrected chi connectivity index (χ4v) is 4.67. The summed E-state index contributed by atoms with van der Waals surface area (Å²) in [4.78, 5) is 15.4. The first-order chi connectivity index (χ1) is 9.22. The highest BCUT2D eigenvalue weighted by Gasteiger charge is 2.58. The van der Waals surface area contributed by atoms with Crippen molar-refractivity contribution in [2.24, 2.45) is 17.8 Å². The van der Waals surface area contributed by atoms with Crippen LogP contribution in [0.25, 0.3) is 0 Å². The summed E-state index contributed by atoms with van der Waals surface area (Å²) in [6.07, 6.45) is 1.11. The summed E-state index contributed by atoms with van der Waals surface area (Å²) in [7, 11) is 0. The van der Waals surface area contributed by atoms with Crippen LogP contribution in [0.1, 0.15) is 40.0 Å². The van der Waals surface area contributed by atoms with Gasteiger partial charge in [-0.25, -0.2) is 18.9 Å². The Labute approximate surface area is 122 Å². The molecule has 2 bridgehead atoms. The van der Waals surface area contributed by atoms with Gasteiger partial charge in [0.15, 0.2) is 0 Å². The number of hydrogen-bond donors (Lipinski definition) is 2. The van der Waals surface area contributed by atoms with E-state index in [2.05, 4.69) is 10.3 Å². The van der Waals surface area contributed by atoms with Crippen molar-refractivity contribution in [1.29, 1.82) is 0 Å². The number of halogens is 2. The molecule has 6 heteroatoms. The van der Waals surface area contributed by atoms with Crippen LogP contribution in [-0.2, 0) is 4.79 Å². The maximum Gasteiger partial charge on any atom is 0.324 e. The summed E-state index contributed by atoms with van der Waals surface area (Å²) >= 11 is 1.50. The molecule has 3 nitrogen and oxygen atoms in total. The van der Waals surface area contributed by atoms with Crippen molar-refractivity contribution in [2.75, 3.05) is 0 Å². The lowest BCUT2D eigenvalue weighted by Gasteiger charge is -2.24. The first-order valence-corrected chi connectivity index (χ1v) is 8.06. The Morgan fingerprint density at radius 2 is 2.10 bits per heavy atom. The second kappa shape index (κ2) is 4.42. The van der Waals surface area contributed by atoms with Crippen LogP contribution in [0, 0.1) is 17.8 Å². The molecule has 112 valence electrons. The normalized spacial score (nSPS) is 44.6. The van der Waals surface area contributed by atoms with Gasteiger partial charge < -0.3 is 0 Å². The third-order valence-electron chi connectivity index (χ3n) is 5.24. The molecule has 0 aromatic heterocycles. The van der Waals surface area contributed by atoms with E-state index in [4.69, 9.17) is 0 Å². The molecule has 1 aliphatic heterocycles. The molecule has 3 rings (SSSR count).